The topological polar surface area (TPSA) is 96.3 Å². The van der Waals surface area contributed by atoms with Gasteiger partial charge in [0.1, 0.15) is 0 Å². The number of likely N-dealkylation sites (tertiary alicyclic amines) is 1. The van der Waals surface area contributed by atoms with Gasteiger partial charge in [-0.25, -0.2) is 17.9 Å². The van der Waals surface area contributed by atoms with Gasteiger partial charge in [-0.2, -0.15) is 5.10 Å². The number of hydrogen-bond acceptors (Lipinski definition) is 4. The Morgan fingerprint density at radius 1 is 1.36 bits per heavy atom. The highest BCUT2D eigenvalue weighted by atomic mass is 32.2. The van der Waals surface area contributed by atoms with E-state index in [1.807, 2.05) is 16.9 Å². The molecule has 0 atom stereocenters. The summed E-state index contributed by atoms with van der Waals surface area (Å²) in [6.45, 7) is 2.50. The van der Waals surface area contributed by atoms with Crippen LogP contribution in [0.4, 0.5) is 4.79 Å². The second-order valence-corrected chi connectivity index (χ2v) is 7.29. The molecule has 0 saturated carbocycles. The number of nitrogens with one attached hydrogen (secondary N) is 2. The lowest BCUT2D eigenvalue weighted by atomic mass is 10.1. The average molecular weight is 329 g/mol. The Kier molecular flexibility index (Phi) is 5.78. The summed E-state index contributed by atoms with van der Waals surface area (Å²) >= 11 is 0. The average Bonchev–Trinajstić information content (AvgIpc) is 2.95. The predicted molar refractivity (Wildman–Crippen MR) is 82.8 cm³/mol. The molecule has 2 N–H and O–H groups in total. The molecule has 9 heteroatoms. The Morgan fingerprint density at radius 3 is 2.68 bits per heavy atom. The maximum absolute atomic E-state index is 12.0. The molecule has 2 rings (SSSR count). The van der Waals surface area contributed by atoms with E-state index >= 15 is 0 Å². The van der Waals surface area contributed by atoms with Crippen LogP contribution in [0.15, 0.2) is 18.5 Å². The molecule has 0 radical (unpaired) electrons. The van der Waals surface area contributed by atoms with Gasteiger partial charge < -0.3 is 10.2 Å². The van der Waals surface area contributed by atoms with E-state index in [1.165, 1.54) is 0 Å². The summed E-state index contributed by atoms with van der Waals surface area (Å²) in [6.07, 6.45) is 6.89. The molecular formula is C13H23N5O3S. The first-order valence-electron chi connectivity index (χ1n) is 7.41. The van der Waals surface area contributed by atoms with Crippen molar-refractivity contribution in [3.63, 3.8) is 0 Å². The van der Waals surface area contributed by atoms with E-state index in [0.29, 0.717) is 32.5 Å². The second kappa shape index (κ2) is 7.59. The van der Waals surface area contributed by atoms with Crippen molar-refractivity contribution in [2.45, 2.75) is 31.8 Å². The Bertz CT molecular complexity index is 565. The van der Waals surface area contributed by atoms with E-state index in [2.05, 4.69) is 15.1 Å². The van der Waals surface area contributed by atoms with E-state index in [1.54, 1.807) is 11.1 Å². The Balaban J connectivity index is 1.62. The number of rotatable bonds is 6. The van der Waals surface area contributed by atoms with Gasteiger partial charge in [-0.15, -0.1) is 0 Å². The van der Waals surface area contributed by atoms with E-state index in [9.17, 15) is 13.2 Å². The number of sulfonamides is 1. The van der Waals surface area contributed by atoms with Gasteiger partial charge in [0.25, 0.3) is 0 Å². The number of carbonyl (C=O) groups is 1. The summed E-state index contributed by atoms with van der Waals surface area (Å²) < 4.78 is 26.8. The molecule has 1 aromatic heterocycles. The largest absolute Gasteiger partial charge is 0.338 e. The van der Waals surface area contributed by atoms with Crippen LogP contribution in [0.2, 0.25) is 0 Å². The molecule has 22 heavy (non-hydrogen) atoms. The zero-order valence-electron chi connectivity index (χ0n) is 12.7. The first-order valence-corrected chi connectivity index (χ1v) is 9.31. The number of carbonyl (C=O) groups excluding carboxylic acids is 1. The van der Waals surface area contributed by atoms with Gasteiger partial charge in [0.2, 0.25) is 10.0 Å². The first kappa shape index (κ1) is 16.8. The highest BCUT2D eigenvalue weighted by Crippen LogP contribution is 2.11. The van der Waals surface area contributed by atoms with Crippen LogP contribution < -0.4 is 10.0 Å². The summed E-state index contributed by atoms with van der Waals surface area (Å²) in [5, 5.41) is 6.98. The zero-order valence-corrected chi connectivity index (χ0v) is 13.6. The summed E-state index contributed by atoms with van der Waals surface area (Å²) in [4.78, 5) is 13.7. The molecule has 0 spiro atoms. The molecule has 1 aliphatic rings. The van der Waals surface area contributed by atoms with Gasteiger partial charge in [0.15, 0.2) is 0 Å². The molecule has 1 saturated heterocycles. The number of aromatic nitrogens is 2. The maximum Gasteiger partial charge on any atom is 0.317 e. The molecule has 2 amide bonds. The molecule has 2 heterocycles. The van der Waals surface area contributed by atoms with Crippen molar-refractivity contribution < 1.29 is 13.2 Å². The molecule has 1 aliphatic heterocycles. The number of amides is 2. The fourth-order valence-corrected chi connectivity index (χ4v) is 3.33. The summed E-state index contributed by atoms with van der Waals surface area (Å²) in [5.74, 6) is 0. The number of nitrogens with zero attached hydrogens (tertiary/aromatic N) is 3. The molecule has 0 unspecified atom stereocenters. The molecule has 1 aromatic rings. The highest BCUT2D eigenvalue weighted by molar-refractivity contribution is 7.88. The van der Waals surface area contributed by atoms with Crippen LogP contribution in [0, 0.1) is 0 Å². The van der Waals surface area contributed by atoms with Crippen LogP contribution in [0.25, 0.3) is 0 Å². The number of hydrogen-bond donors (Lipinski definition) is 2. The SMILES string of the molecule is CS(=O)(=O)NC1CCN(C(=O)NCCCn2cccn2)CC1. The van der Waals surface area contributed by atoms with Gasteiger partial charge in [-0.05, 0) is 25.3 Å². The molecule has 124 valence electrons. The summed E-state index contributed by atoms with van der Waals surface area (Å²) in [6, 6.07) is 1.71. The van der Waals surface area contributed by atoms with E-state index < -0.39 is 10.0 Å². The lowest BCUT2D eigenvalue weighted by Gasteiger charge is -2.32. The van der Waals surface area contributed by atoms with E-state index in [4.69, 9.17) is 0 Å². The third-order valence-electron chi connectivity index (χ3n) is 3.56. The Labute approximate surface area is 130 Å². The van der Waals surface area contributed by atoms with Crippen molar-refractivity contribution in [2.24, 2.45) is 0 Å². The molecule has 0 bridgehead atoms. The standard InChI is InChI=1S/C13H23N5O3S/c1-22(20,21)16-12-4-10-17(11-5-12)13(19)14-6-2-8-18-9-3-7-15-18/h3,7,9,12,16H,2,4-6,8,10-11H2,1H3,(H,14,19). The van der Waals surface area contributed by atoms with Crippen molar-refractivity contribution in [1.82, 2.24) is 24.7 Å². The van der Waals surface area contributed by atoms with Gasteiger partial charge >= 0.3 is 6.03 Å². The van der Waals surface area contributed by atoms with Crippen LogP contribution in [0.5, 0.6) is 0 Å². The first-order chi connectivity index (χ1) is 10.4. The summed E-state index contributed by atoms with van der Waals surface area (Å²) in [7, 11) is -3.18. The van der Waals surface area contributed by atoms with Crippen molar-refractivity contribution in [3.8, 4) is 0 Å². The molecule has 0 aromatic carbocycles. The van der Waals surface area contributed by atoms with E-state index in [0.717, 1.165) is 19.2 Å². The molecule has 8 nitrogen and oxygen atoms in total. The minimum absolute atomic E-state index is 0.0705. The lowest BCUT2D eigenvalue weighted by molar-refractivity contribution is 0.179. The van der Waals surface area contributed by atoms with Gasteiger partial charge in [-0.1, -0.05) is 0 Å². The third-order valence-corrected chi connectivity index (χ3v) is 4.32. The number of aryl methyl sites for hydroxylation is 1. The smallest absolute Gasteiger partial charge is 0.317 e. The molecular weight excluding hydrogens is 306 g/mol. The van der Waals surface area contributed by atoms with Crippen LogP contribution >= 0.6 is 0 Å². The number of piperidine rings is 1. The molecule has 1 fully saturated rings. The van der Waals surface area contributed by atoms with Crippen LogP contribution in [0.3, 0.4) is 0 Å². The Hall–Kier alpha value is -1.61. The maximum atomic E-state index is 12.0. The Morgan fingerprint density at radius 2 is 2.09 bits per heavy atom. The van der Waals surface area contributed by atoms with Crippen molar-refractivity contribution in [3.05, 3.63) is 18.5 Å². The van der Waals surface area contributed by atoms with Gasteiger partial charge in [0, 0.05) is 44.6 Å². The number of urea groups is 1. The minimum atomic E-state index is -3.18. The van der Waals surface area contributed by atoms with Crippen LogP contribution in [0.1, 0.15) is 19.3 Å². The van der Waals surface area contributed by atoms with Gasteiger partial charge in [0.05, 0.1) is 6.26 Å². The normalized spacial score (nSPS) is 16.7. The monoisotopic (exact) mass is 329 g/mol. The second-order valence-electron chi connectivity index (χ2n) is 5.51. The van der Waals surface area contributed by atoms with Crippen molar-refractivity contribution in [1.29, 1.82) is 0 Å². The zero-order chi connectivity index (χ0) is 16.0. The van der Waals surface area contributed by atoms with Crippen LogP contribution in [-0.2, 0) is 16.6 Å². The quantitative estimate of drug-likeness (QED) is 0.718. The molecule has 0 aliphatic carbocycles. The van der Waals surface area contributed by atoms with Crippen molar-refractivity contribution >= 4 is 16.1 Å². The highest BCUT2D eigenvalue weighted by Gasteiger charge is 2.24. The van der Waals surface area contributed by atoms with Crippen LogP contribution in [-0.4, -0.2) is 61.1 Å². The third kappa shape index (κ3) is 5.64. The van der Waals surface area contributed by atoms with E-state index in [-0.39, 0.29) is 12.1 Å². The minimum Gasteiger partial charge on any atom is -0.338 e. The van der Waals surface area contributed by atoms with Gasteiger partial charge in [-0.3, -0.25) is 4.68 Å². The lowest BCUT2D eigenvalue weighted by Crippen LogP contribution is -2.49. The summed E-state index contributed by atoms with van der Waals surface area (Å²) in [5.41, 5.74) is 0. The fraction of sp³-hybridized carbons (Fsp3) is 0.692. The fourth-order valence-electron chi connectivity index (χ4n) is 2.48. The van der Waals surface area contributed by atoms with Crippen molar-refractivity contribution in [2.75, 3.05) is 25.9 Å². The predicted octanol–water partition coefficient (Wildman–Crippen LogP) is -0.00360.